The molecule has 330 valence electrons. The fraction of sp³-hybridized carbons (Fsp3) is 0.129. The van der Waals surface area contributed by atoms with E-state index in [4.69, 9.17) is 9.72 Å². The van der Waals surface area contributed by atoms with Crippen molar-refractivity contribution in [1.82, 2.24) is 14.1 Å². The van der Waals surface area contributed by atoms with Crippen molar-refractivity contribution in [2.45, 2.75) is 52.4 Å². The van der Waals surface area contributed by atoms with E-state index < -0.39 is 0 Å². The van der Waals surface area contributed by atoms with E-state index in [1.165, 1.54) is 64.3 Å². The van der Waals surface area contributed by atoms with Crippen molar-refractivity contribution in [3.05, 3.63) is 212 Å². The molecule has 6 heteroatoms. The number of hydrogen-bond donors (Lipinski definition) is 0. The van der Waals surface area contributed by atoms with E-state index in [0.29, 0.717) is 0 Å². The lowest BCUT2D eigenvalue weighted by Crippen LogP contribution is -2.31. The number of ether oxygens (including phenoxy) is 1. The summed E-state index contributed by atoms with van der Waals surface area (Å²) >= 11 is 1.86. The maximum absolute atomic E-state index is 6.90. The Morgan fingerprint density at radius 1 is 0.515 bits per heavy atom. The lowest BCUT2D eigenvalue weighted by atomic mass is 9.82. The molecule has 0 spiro atoms. The molecule has 8 aromatic carbocycles. The molecule has 0 radical (unpaired) electrons. The first-order chi connectivity index (χ1) is 33.0. The first-order valence-electron chi connectivity index (χ1n) is 23.4. The van der Waals surface area contributed by atoms with Crippen molar-refractivity contribution in [3.8, 4) is 50.9 Å². The number of imidazole rings is 1. The highest BCUT2D eigenvalue weighted by atomic mass is 32.1. The zero-order valence-electron chi connectivity index (χ0n) is 39.2. The molecule has 0 N–H and O–H groups in total. The molecule has 0 bridgehead atoms. The number of fused-ring (bicyclic) bond motifs is 8. The Kier molecular flexibility index (Phi) is 9.75. The minimum atomic E-state index is -0.0638. The highest BCUT2D eigenvalue weighted by molar-refractivity contribution is 7.26. The number of hydrogen-bond acceptors (Lipinski definition) is 3. The number of aromatic nitrogens is 4. The van der Waals surface area contributed by atoms with Crippen LogP contribution in [0.15, 0.2) is 201 Å². The van der Waals surface area contributed by atoms with Crippen molar-refractivity contribution in [2.75, 3.05) is 0 Å². The smallest absolute Gasteiger partial charge is 0.255 e. The van der Waals surface area contributed by atoms with E-state index in [-0.39, 0.29) is 10.8 Å². The summed E-state index contributed by atoms with van der Waals surface area (Å²) in [6.45, 7) is 13.6. The summed E-state index contributed by atoms with van der Waals surface area (Å²) < 4.78 is 16.5. The first kappa shape index (κ1) is 41.6. The summed E-state index contributed by atoms with van der Waals surface area (Å²) in [4.78, 5) is 5.01. The molecule has 0 aliphatic carbocycles. The number of para-hydroxylation sites is 2. The average Bonchev–Trinajstić information content (AvgIpc) is 4.03. The van der Waals surface area contributed by atoms with Gasteiger partial charge in [-0.25, -0.2) is 4.98 Å². The van der Waals surface area contributed by atoms with Gasteiger partial charge in [-0.05, 0) is 106 Å². The molecule has 4 heterocycles. The number of thiophene rings is 1. The second-order valence-electron chi connectivity index (χ2n) is 19.9. The molecule has 0 atom stereocenters. The van der Waals surface area contributed by atoms with Crippen LogP contribution in [0.1, 0.15) is 52.7 Å². The number of nitrogens with zero attached hydrogens (tertiary/aromatic N) is 4. The predicted molar refractivity (Wildman–Crippen MR) is 285 cm³/mol. The fourth-order valence-electron chi connectivity index (χ4n) is 9.91. The number of benzene rings is 8. The highest BCUT2D eigenvalue weighted by Crippen LogP contribution is 2.45. The van der Waals surface area contributed by atoms with Gasteiger partial charge in [0.1, 0.15) is 28.7 Å². The monoisotopic (exact) mass is 899 g/mol. The lowest BCUT2D eigenvalue weighted by Gasteiger charge is -2.23. The Morgan fingerprint density at radius 3 is 1.91 bits per heavy atom. The molecule has 0 fully saturated rings. The molecular weight excluding hydrogens is 849 g/mol. The third-order valence-corrected chi connectivity index (χ3v) is 14.6. The van der Waals surface area contributed by atoms with Crippen LogP contribution in [0.4, 0.5) is 0 Å². The molecule has 12 rings (SSSR count). The zero-order chi connectivity index (χ0) is 46.3. The zero-order valence-corrected chi connectivity index (χ0v) is 40.0. The highest BCUT2D eigenvalue weighted by Gasteiger charge is 2.28. The van der Waals surface area contributed by atoms with Gasteiger partial charge in [-0.2, -0.15) is 9.13 Å². The normalized spacial score (nSPS) is 12.3. The van der Waals surface area contributed by atoms with Crippen LogP contribution >= 0.6 is 11.3 Å². The van der Waals surface area contributed by atoms with E-state index >= 15 is 0 Å². The van der Waals surface area contributed by atoms with Crippen LogP contribution in [0, 0.1) is 0 Å². The molecule has 0 amide bonds. The molecule has 0 aliphatic heterocycles. The van der Waals surface area contributed by atoms with Crippen molar-refractivity contribution < 1.29 is 9.30 Å². The van der Waals surface area contributed by atoms with Crippen LogP contribution in [0.5, 0.6) is 11.5 Å². The summed E-state index contributed by atoms with van der Waals surface area (Å²) in [7, 11) is 0. The van der Waals surface area contributed by atoms with E-state index in [1.54, 1.807) is 0 Å². The largest absolute Gasteiger partial charge is 0.457 e. The van der Waals surface area contributed by atoms with Crippen molar-refractivity contribution in [3.63, 3.8) is 0 Å². The number of rotatable bonds is 7. The molecule has 0 unspecified atom stereocenters. The Morgan fingerprint density at radius 2 is 1.18 bits per heavy atom. The Hall–Kier alpha value is -7.80. The topological polar surface area (TPSA) is 35.9 Å². The minimum Gasteiger partial charge on any atom is -0.457 e. The molecular formula is C62H51N4OS+. The molecule has 0 saturated heterocycles. The minimum absolute atomic E-state index is 0.0377. The van der Waals surface area contributed by atoms with Gasteiger partial charge in [0.25, 0.3) is 6.33 Å². The quantitative estimate of drug-likeness (QED) is 0.149. The maximum atomic E-state index is 6.90. The molecule has 12 aromatic rings. The van der Waals surface area contributed by atoms with Crippen LogP contribution < -0.4 is 9.30 Å². The van der Waals surface area contributed by atoms with Crippen LogP contribution in [0.2, 0.25) is 0 Å². The van der Waals surface area contributed by atoms with Gasteiger partial charge in [0.05, 0.1) is 11.0 Å². The van der Waals surface area contributed by atoms with Crippen LogP contribution in [0.3, 0.4) is 0 Å². The maximum Gasteiger partial charge on any atom is 0.255 e. The Balaban J connectivity index is 1.01. The summed E-state index contributed by atoms with van der Waals surface area (Å²) in [6.07, 6.45) is 4.19. The van der Waals surface area contributed by atoms with Gasteiger partial charge in [0, 0.05) is 60.4 Å². The van der Waals surface area contributed by atoms with Gasteiger partial charge in [0.15, 0.2) is 11.0 Å². The van der Waals surface area contributed by atoms with Crippen LogP contribution in [0.25, 0.3) is 92.5 Å². The van der Waals surface area contributed by atoms with Crippen LogP contribution in [-0.4, -0.2) is 14.1 Å². The average molecular weight is 900 g/mol. The van der Waals surface area contributed by atoms with E-state index in [9.17, 15) is 0 Å². The Labute approximate surface area is 400 Å². The van der Waals surface area contributed by atoms with Crippen molar-refractivity contribution >= 4 is 64.3 Å². The SMILES string of the molecule is CC(C)(C)c1ccnc(-n2c3cc(Oc4cccc(-n5c[n+](-c6c(-c7ccccc7)cc(C(C)(C)C)cc6-c6ccccc6)c6ccccc65)c4)ccc3c3c4sc5ccccc5c4ccc32)c1. The molecule has 0 saturated carbocycles. The molecule has 5 nitrogen and oxygen atoms in total. The first-order valence-corrected chi connectivity index (χ1v) is 24.2. The second kappa shape index (κ2) is 15.9. The van der Waals surface area contributed by atoms with Crippen molar-refractivity contribution in [1.29, 1.82) is 0 Å². The van der Waals surface area contributed by atoms with E-state index in [1.807, 2.05) is 23.6 Å². The summed E-state index contributed by atoms with van der Waals surface area (Å²) in [5.74, 6) is 2.39. The van der Waals surface area contributed by atoms with Gasteiger partial charge >= 0.3 is 0 Å². The predicted octanol–water partition coefficient (Wildman–Crippen LogP) is 16.5. The van der Waals surface area contributed by atoms with Gasteiger partial charge < -0.3 is 4.74 Å². The van der Waals surface area contributed by atoms with Gasteiger partial charge in [-0.15, -0.1) is 11.3 Å². The van der Waals surface area contributed by atoms with Gasteiger partial charge in [0.2, 0.25) is 0 Å². The third-order valence-electron chi connectivity index (χ3n) is 13.4. The number of pyridine rings is 1. The third kappa shape index (κ3) is 7.06. The molecule has 4 aromatic heterocycles. The van der Waals surface area contributed by atoms with Gasteiger partial charge in [-0.3, -0.25) is 4.57 Å². The lowest BCUT2D eigenvalue weighted by molar-refractivity contribution is -0.566. The van der Waals surface area contributed by atoms with Gasteiger partial charge in [-0.1, -0.05) is 145 Å². The summed E-state index contributed by atoms with van der Waals surface area (Å²) in [5.41, 5.74) is 13.6. The van der Waals surface area contributed by atoms with Crippen LogP contribution in [-0.2, 0) is 10.8 Å². The standard InChI is InChI=1S/C62H51N4OS/c1-61(2,3)42-32-33-63-57(36-42)66-54-31-30-48-47-24-13-16-27-56(47)68-60(48)58(54)49-29-28-46(38-55(49)66)67-45-23-17-22-44(37-45)64-39-65(53-26-15-14-25-52(53)64)59-50(40-18-9-7-10-19-40)34-43(62(4,5)6)35-51(59)41-20-11-8-12-21-41/h7-39H,1-6H3/q+1. The van der Waals surface area contributed by atoms with E-state index in [2.05, 4.69) is 244 Å². The Bertz CT molecular complexity index is 3840. The fourth-order valence-corrected chi connectivity index (χ4v) is 11.2. The second-order valence-corrected chi connectivity index (χ2v) is 21.0. The van der Waals surface area contributed by atoms with Crippen molar-refractivity contribution in [2.24, 2.45) is 0 Å². The van der Waals surface area contributed by atoms with E-state index in [0.717, 1.165) is 50.8 Å². The molecule has 68 heavy (non-hydrogen) atoms. The summed E-state index contributed by atoms with van der Waals surface area (Å²) in [5, 5.41) is 4.97. The summed E-state index contributed by atoms with van der Waals surface area (Å²) in [6, 6.07) is 67.7. The molecule has 0 aliphatic rings.